The fourth-order valence-corrected chi connectivity index (χ4v) is 3.60. The second-order valence-electron chi connectivity index (χ2n) is 6.55. The summed E-state index contributed by atoms with van der Waals surface area (Å²) in [6.07, 6.45) is 3.33. The molecule has 126 valence electrons. The van der Waals surface area contributed by atoms with Crippen LogP contribution < -0.4 is 0 Å². The molecule has 0 radical (unpaired) electrons. The Morgan fingerprint density at radius 3 is 2.20 bits per heavy atom. The van der Waals surface area contributed by atoms with Crippen molar-refractivity contribution in [2.75, 3.05) is 0 Å². The normalized spacial score (nSPS) is 29.7. The van der Waals surface area contributed by atoms with Crippen LogP contribution >= 0.6 is 0 Å². The van der Waals surface area contributed by atoms with E-state index in [2.05, 4.69) is 4.98 Å². The highest BCUT2D eigenvalue weighted by atomic mass is 14.7. The highest BCUT2D eigenvalue weighted by molar-refractivity contribution is 5.60. The van der Waals surface area contributed by atoms with Crippen LogP contribution in [0.25, 0.3) is 11.3 Å². The fourth-order valence-electron chi connectivity index (χ4n) is 3.60. The molecule has 25 heavy (non-hydrogen) atoms. The molecule has 0 saturated heterocycles. The lowest BCUT2D eigenvalue weighted by Crippen LogP contribution is -2.13. The standard InChI is InChI=1S/C24H25N/c1-18-17-25-24(22-10-6-3-7-11-22)16-23(18)21-14-12-20(13-15-21)19-8-4-2-5-9-19/h2-11,16-17,20-21H,12-15H2,1H3/i1D3,20D,21D. The zero-order chi connectivity index (χ0) is 21.4. The number of hydrogen-bond acceptors (Lipinski definition) is 1. The third-order valence-corrected chi connectivity index (χ3v) is 4.99. The third-order valence-electron chi connectivity index (χ3n) is 4.99. The highest BCUT2D eigenvalue weighted by Crippen LogP contribution is 2.41. The number of rotatable bonds is 3. The number of aromatic nitrogens is 1. The van der Waals surface area contributed by atoms with Gasteiger partial charge in [-0.2, -0.15) is 0 Å². The summed E-state index contributed by atoms with van der Waals surface area (Å²) in [5.41, 5.74) is 3.20. The van der Waals surface area contributed by atoms with E-state index in [0.29, 0.717) is 36.9 Å². The minimum Gasteiger partial charge on any atom is -0.256 e. The molecule has 1 aliphatic carbocycles. The van der Waals surface area contributed by atoms with E-state index in [-0.39, 0.29) is 5.56 Å². The third kappa shape index (κ3) is 3.51. The lowest BCUT2D eigenvalue weighted by atomic mass is 9.75. The molecule has 2 aromatic carbocycles. The van der Waals surface area contributed by atoms with Gasteiger partial charge in [0.1, 0.15) is 0 Å². The molecule has 0 N–H and O–H groups in total. The van der Waals surface area contributed by atoms with Crippen molar-refractivity contribution in [2.24, 2.45) is 0 Å². The van der Waals surface area contributed by atoms with Crippen molar-refractivity contribution in [3.8, 4) is 11.3 Å². The van der Waals surface area contributed by atoms with Crippen molar-refractivity contribution < 1.29 is 6.85 Å². The van der Waals surface area contributed by atoms with E-state index >= 15 is 0 Å². The second kappa shape index (κ2) is 7.23. The Kier molecular flexibility index (Phi) is 3.25. The Hall–Kier alpha value is -2.41. The number of benzene rings is 2. The highest BCUT2D eigenvalue weighted by Gasteiger charge is 2.24. The van der Waals surface area contributed by atoms with Crippen LogP contribution in [-0.4, -0.2) is 4.98 Å². The van der Waals surface area contributed by atoms with Crippen molar-refractivity contribution in [3.63, 3.8) is 0 Å². The summed E-state index contributed by atoms with van der Waals surface area (Å²) < 4.78 is 42.1. The number of hydrogen-bond donors (Lipinski definition) is 0. The Bertz CT molecular complexity index is 1010. The van der Waals surface area contributed by atoms with Crippen LogP contribution in [-0.2, 0) is 0 Å². The molecular formula is C24H25N. The van der Waals surface area contributed by atoms with Crippen molar-refractivity contribution in [2.45, 2.75) is 44.3 Å². The maximum absolute atomic E-state index is 9.22. The summed E-state index contributed by atoms with van der Waals surface area (Å²) >= 11 is 0. The van der Waals surface area contributed by atoms with E-state index in [1.165, 1.54) is 6.20 Å². The fraction of sp³-hybridized carbons (Fsp3) is 0.292. The van der Waals surface area contributed by atoms with E-state index < -0.39 is 18.6 Å². The molecule has 0 atom stereocenters. The Labute approximate surface area is 157 Å². The van der Waals surface area contributed by atoms with Crippen LogP contribution in [0.5, 0.6) is 0 Å². The summed E-state index contributed by atoms with van der Waals surface area (Å²) in [4.78, 5) is 4.40. The average Bonchev–Trinajstić information content (AvgIpc) is 2.76. The summed E-state index contributed by atoms with van der Waals surface area (Å²) in [6.45, 7) is -2.33. The lowest BCUT2D eigenvalue weighted by molar-refractivity contribution is 0.395. The summed E-state index contributed by atoms with van der Waals surface area (Å²) in [5.74, 6) is -1.78. The van der Waals surface area contributed by atoms with Gasteiger partial charge in [0.2, 0.25) is 0 Å². The first kappa shape index (κ1) is 11.3. The molecule has 0 spiro atoms. The van der Waals surface area contributed by atoms with E-state index in [1.54, 1.807) is 6.07 Å². The molecule has 0 bridgehead atoms. The number of nitrogens with zero attached hydrogens (tertiary/aromatic N) is 1. The lowest BCUT2D eigenvalue weighted by Gasteiger charge is -2.30. The molecule has 1 aromatic heterocycles. The summed E-state index contributed by atoms with van der Waals surface area (Å²) in [5, 5.41) is 0. The monoisotopic (exact) mass is 332 g/mol. The Morgan fingerprint density at radius 1 is 0.880 bits per heavy atom. The zero-order valence-corrected chi connectivity index (χ0v) is 14.2. The minimum absolute atomic E-state index is 0.148. The molecule has 0 unspecified atom stereocenters. The predicted molar refractivity (Wildman–Crippen MR) is 105 cm³/mol. The van der Waals surface area contributed by atoms with E-state index in [0.717, 1.165) is 11.1 Å². The molecule has 1 saturated carbocycles. The van der Waals surface area contributed by atoms with Gasteiger partial charge in [0.05, 0.1) is 5.69 Å². The van der Waals surface area contributed by atoms with E-state index in [1.807, 2.05) is 60.7 Å². The molecule has 1 nitrogen and oxygen atoms in total. The molecule has 0 aliphatic heterocycles. The Balaban J connectivity index is 1.72. The van der Waals surface area contributed by atoms with Gasteiger partial charge in [0.15, 0.2) is 0 Å². The minimum atomic E-state index is -2.33. The maximum Gasteiger partial charge on any atom is 0.0705 e. The largest absolute Gasteiger partial charge is 0.256 e. The molecule has 1 heterocycles. The van der Waals surface area contributed by atoms with Gasteiger partial charge in [0, 0.05) is 18.6 Å². The van der Waals surface area contributed by atoms with Gasteiger partial charge in [-0.25, -0.2) is 0 Å². The molecule has 3 aromatic rings. The van der Waals surface area contributed by atoms with Crippen LogP contribution in [0.1, 0.15) is 61.0 Å². The van der Waals surface area contributed by atoms with Gasteiger partial charge in [-0.05, 0) is 67.1 Å². The van der Waals surface area contributed by atoms with Gasteiger partial charge in [0.25, 0.3) is 0 Å². The first-order valence-electron chi connectivity index (χ1n) is 11.3. The van der Waals surface area contributed by atoms with Gasteiger partial charge < -0.3 is 0 Å². The van der Waals surface area contributed by atoms with Gasteiger partial charge in [-0.15, -0.1) is 0 Å². The van der Waals surface area contributed by atoms with Crippen LogP contribution in [0, 0.1) is 6.85 Å². The average molecular weight is 333 g/mol. The SMILES string of the molecule is [2H]C([2H])([2H])c1cnc(-c2ccccc2)cc1C1([2H])CCC([2H])(c2ccccc2)CC1. The molecular weight excluding hydrogens is 302 g/mol. The molecule has 0 amide bonds. The molecule has 1 heteroatoms. The summed E-state index contributed by atoms with van der Waals surface area (Å²) in [7, 11) is 0. The molecule has 1 aliphatic rings. The van der Waals surface area contributed by atoms with Crippen molar-refractivity contribution in [1.29, 1.82) is 0 Å². The predicted octanol–water partition coefficient (Wildman–Crippen LogP) is 6.50. The second-order valence-corrected chi connectivity index (χ2v) is 6.55. The molecule has 4 rings (SSSR count). The topological polar surface area (TPSA) is 12.9 Å². The number of aryl methyl sites for hydroxylation is 1. The van der Waals surface area contributed by atoms with Crippen LogP contribution in [0.2, 0.25) is 0 Å². The van der Waals surface area contributed by atoms with Crippen molar-refractivity contribution in [3.05, 3.63) is 89.6 Å². The first-order valence-corrected chi connectivity index (χ1v) is 8.83. The van der Waals surface area contributed by atoms with Gasteiger partial charge >= 0.3 is 0 Å². The Morgan fingerprint density at radius 2 is 1.52 bits per heavy atom. The van der Waals surface area contributed by atoms with Gasteiger partial charge in [-0.3, -0.25) is 4.98 Å². The van der Waals surface area contributed by atoms with E-state index in [4.69, 9.17) is 5.48 Å². The van der Waals surface area contributed by atoms with Crippen LogP contribution in [0.3, 0.4) is 0 Å². The zero-order valence-electron chi connectivity index (χ0n) is 19.2. The van der Waals surface area contributed by atoms with Crippen molar-refractivity contribution >= 4 is 0 Å². The quantitative estimate of drug-likeness (QED) is 0.533. The van der Waals surface area contributed by atoms with Crippen molar-refractivity contribution in [1.82, 2.24) is 4.98 Å². The first-order chi connectivity index (χ1) is 14.2. The van der Waals surface area contributed by atoms with E-state index in [9.17, 15) is 1.37 Å². The van der Waals surface area contributed by atoms with Gasteiger partial charge in [-0.1, -0.05) is 60.7 Å². The molecule has 1 fully saturated rings. The summed E-state index contributed by atoms with van der Waals surface area (Å²) in [6, 6.07) is 21.2. The smallest absolute Gasteiger partial charge is 0.0705 e. The number of pyridine rings is 1. The van der Waals surface area contributed by atoms with Crippen LogP contribution in [0.4, 0.5) is 0 Å². The van der Waals surface area contributed by atoms with Crippen LogP contribution in [0.15, 0.2) is 72.9 Å². The maximum atomic E-state index is 9.22.